The summed E-state index contributed by atoms with van der Waals surface area (Å²) in [5.74, 6) is 1.52. The largest absolute Gasteiger partial charge is 0.350 e. The van der Waals surface area contributed by atoms with Crippen molar-refractivity contribution in [1.29, 1.82) is 0 Å². The minimum atomic E-state index is -0.176. The third-order valence-electron chi connectivity index (χ3n) is 4.18. The normalized spacial score (nSPS) is 19.9. The van der Waals surface area contributed by atoms with Gasteiger partial charge in [0.15, 0.2) is 0 Å². The van der Waals surface area contributed by atoms with E-state index in [0.29, 0.717) is 12.5 Å². The number of hydrogen-bond acceptors (Lipinski definition) is 3. The van der Waals surface area contributed by atoms with E-state index in [4.69, 9.17) is 4.98 Å². The smallest absolute Gasteiger partial charge is 0.234 e. The number of likely N-dealkylation sites (tertiary alicyclic amines) is 1. The summed E-state index contributed by atoms with van der Waals surface area (Å²) in [7, 11) is 0. The second kappa shape index (κ2) is 6.32. The van der Waals surface area contributed by atoms with Crippen LogP contribution in [-0.2, 0) is 4.79 Å². The van der Waals surface area contributed by atoms with E-state index in [1.165, 1.54) is 0 Å². The molecule has 1 aromatic heterocycles. The fourth-order valence-electron chi connectivity index (χ4n) is 3.25. The Bertz CT molecular complexity index is 653. The van der Waals surface area contributed by atoms with Crippen LogP contribution in [0, 0.1) is 0 Å². The Morgan fingerprint density at radius 3 is 2.91 bits per heavy atom. The number of rotatable bonds is 3. The average molecular weight is 314 g/mol. The second-order valence-corrected chi connectivity index (χ2v) is 7.51. The molecule has 1 aromatic carbocycles. The summed E-state index contributed by atoms with van der Waals surface area (Å²) >= 11 is 0. The maximum atomic E-state index is 12.1. The van der Waals surface area contributed by atoms with Gasteiger partial charge in [-0.1, -0.05) is 12.1 Å². The van der Waals surface area contributed by atoms with E-state index in [0.717, 1.165) is 42.8 Å². The number of aromatic nitrogens is 2. The number of nitrogens with one attached hydrogen (secondary N) is 2. The van der Waals surface area contributed by atoms with Gasteiger partial charge in [-0.15, -0.1) is 0 Å². The Morgan fingerprint density at radius 1 is 1.39 bits per heavy atom. The monoisotopic (exact) mass is 314 g/mol. The van der Waals surface area contributed by atoms with E-state index < -0.39 is 0 Å². The number of nitrogens with zero attached hydrogens (tertiary/aromatic N) is 2. The van der Waals surface area contributed by atoms with Crippen molar-refractivity contribution in [3.8, 4) is 0 Å². The van der Waals surface area contributed by atoms with Crippen molar-refractivity contribution < 1.29 is 4.79 Å². The highest BCUT2D eigenvalue weighted by molar-refractivity contribution is 5.78. The first kappa shape index (κ1) is 16.0. The summed E-state index contributed by atoms with van der Waals surface area (Å²) in [5, 5.41) is 3.04. The summed E-state index contributed by atoms with van der Waals surface area (Å²) in [6.45, 7) is 8.37. The zero-order valence-corrected chi connectivity index (χ0v) is 14.2. The Hall–Kier alpha value is -1.88. The molecule has 0 unspecified atom stereocenters. The number of carbonyl (C=O) groups excluding carboxylic acids is 1. The zero-order valence-electron chi connectivity index (χ0n) is 14.2. The van der Waals surface area contributed by atoms with Gasteiger partial charge in [0, 0.05) is 18.0 Å². The van der Waals surface area contributed by atoms with Crippen LogP contribution in [0.15, 0.2) is 24.3 Å². The van der Waals surface area contributed by atoms with E-state index in [2.05, 4.69) is 21.3 Å². The molecule has 0 aliphatic carbocycles. The molecule has 2 heterocycles. The molecule has 0 radical (unpaired) electrons. The summed E-state index contributed by atoms with van der Waals surface area (Å²) < 4.78 is 0. The number of piperidine rings is 1. The first-order valence-corrected chi connectivity index (χ1v) is 8.39. The van der Waals surface area contributed by atoms with Crippen LogP contribution >= 0.6 is 0 Å². The van der Waals surface area contributed by atoms with Gasteiger partial charge < -0.3 is 10.3 Å². The van der Waals surface area contributed by atoms with Crippen molar-refractivity contribution in [2.45, 2.75) is 45.1 Å². The van der Waals surface area contributed by atoms with Crippen LogP contribution in [0.3, 0.4) is 0 Å². The minimum Gasteiger partial charge on any atom is -0.350 e. The molecule has 1 aliphatic rings. The van der Waals surface area contributed by atoms with E-state index in [9.17, 15) is 4.79 Å². The standard InChI is InChI=1S/C18H26N4O/c1-18(2,3)21-16(23)12-22-10-6-7-13(11-22)17-19-14-8-4-5-9-15(14)20-17/h4-5,8-9,13H,6-7,10-12H2,1-3H3,(H,19,20)(H,21,23)/t13-/m1/s1. The molecule has 1 atom stereocenters. The van der Waals surface area contributed by atoms with Gasteiger partial charge in [-0.25, -0.2) is 4.98 Å². The van der Waals surface area contributed by atoms with Gasteiger partial charge in [0.25, 0.3) is 0 Å². The minimum absolute atomic E-state index is 0.0998. The predicted molar refractivity (Wildman–Crippen MR) is 92.4 cm³/mol. The Balaban J connectivity index is 1.65. The molecular weight excluding hydrogens is 288 g/mol. The van der Waals surface area contributed by atoms with Crippen LogP contribution in [0.4, 0.5) is 0 Å². The van der Waals surface area contributed by atoms with Crippen molar-refractivity contribution >= 4 is 16.9 Å². The van der Waals surface area contributed by atoms with Crippen LogP contribution in [0.25, 0.3) is 11.0 Å². The number of H-pyrrole nitrogens is 1. The average Bonchev–Trinajstić information content (AvgIpc) is 2.89. The molecule has 1 aliphatic heterocycles. The second-order valence-electron chi connectivity index (χ2n) is 7.51. The van der Waals surface area contributed by atoms with Crippen molar-refractivity contribution in [2.24, 2.45) is 0 Å². The summed E-state index contributed by atoms with van der Waals surface area (Å²) in [6.07, 6.45) is 2.22. The zero-order chi connectivity index (χ0) is 16.4. The summed E-state index contributed by atoms with van der Waals surface area (Å²) in [4.78, 5) is 22.5. The Labute approximate surface area is 137 Å². The first-order valence-electron chi connectivity index (χ1n) is 8.39. The van der Waals surface area contributed by atoms with Crippen LogP contribution in [0.2, 0.25) is 0 Å². The maximum absolute atomic E-state index is 12.1. The summed E-state index contributed by atoms with van der Waals surface area (Å²) in [6, 6.07) is 8.13. The van der Waals surface area contributed by atoms with Gasteiger partial charge in [-0.05, 0) is 52.3 Å². The SMILES string of the molecule is CC(C)(C)NC(=O)CN1CCC[C@@H](c2nc3ccccc3[nH]2)C1. The fourth-order valence-corrected chi connectivity index (χ4v) is 3.25. The molecule has 0 saturated carbocycles. The molecule has 1 fully saturated rings. The number of fused-ring (bicyclic) bond motifs is 1. The highest BCUT2D eigenvalue weighted by atomic mass is 16.2. The van der Waals surface area contributed by atoms with Gasteiger partial charge in [0.05, 0.1) is 17.6 Å². The molecule has 5 nitrogen and oxygen atoms in total. The van der Waals surface area contributed by atoms with Crippen LogP contribution < -0.4 is 5.32 Å². The number of aromatic amines is 1. The molecule has 0 bridgehead atoms. The van der Waals surface area contributed by atoms with Crippen molar-refractivity contribution in [3.05, 3.63) is 30.1 Å². The Morgan fingerprint density at radius 2 is 2.17 bits per heavy atom. The van der Waals surface area contributed by atoms with Gasteiger partial charge in [-0.2, -0.15) is 0 Å². The topological polar surface area (TPSA) is 61.0 Å². The third-order valence-corrected chi connectivity index (χ3v) is 4.18. The molecular formula is C18H26N4O. The Kier molecular flexibility index (Phi) is 4.39. The molecule has 3 rings (SSSR count). The number of hydrogen-bond donors (Lipinski definition) is 2. The molecule has 0 spiro atoms. The van der Waals surface area contributed by atoms with E-state index in [-0.39, 0.29) is 11.4 Å². The first-order chi connectivity index (χ1) is 10.9. The van der Waals surface area contributed by atoms with Crippen LogP contribution in [0.1, 0.15) is 45.4 Å². The lowest BCUT2D eigenvalue weighted by molar-refractivity contribution is -0.123. The lowest BCUT2D eigenvalue weighted by atomic mass is 9.97. The third kappa shape index (κ3) is 4.10. The highest BCUT2D eigenvalue weighted by Crippen LogP contribution is 2.26. The van der Waals surface area contributed by atoms with Gasteiger partial charge in [0.2, 0.25) is 5.91 Å². The van der Waals surface area contributed by atoms with Crippen molar-refractivity contribution in [3.63, 3.8) is 0 Å². The molecule has 2 aromatic rings. The lowest BCUT2D eigenvalue weighted by Gasteiger charge is -2.32. The van der Waals surface area contributed by atoms with E-state index in [1.807, 2.05) is 39.0 Å². The molecule has 2 N–H and O–H groups in total. The number of para-hydroxylation sites is 2. The van der Waals surface area contributed by atoms with Crippen LogP contribution in [0.5, 0.6) is 0 Å². The van der Waals surface area contributed by atoms with E-state index >= 15 is 0 Å². The number of carbonyl (C=O) groups is 1. The number of imidazole rings is 1. The van der Waals surface area contributed by atoms with Gasteiger partial charge >= 0.3 is 0 Å². The molecule has 1 amide bonds. The lowest BCUT2D eigenvalue weighted by Crippen LogP contribution is -2.47. The summed E-state index contributed by atoms with van der Waals surface area (Å²) in [5.41, 5.74) is 1.93. The molecule has 23 heavy (non-hydrogen) atoms. The van der Waals surface area contributed by atoms with Crippen molar-refractivity contribution in [1.82, 2.24) is 20.2 Å². The van der Waals surface area contributed by atoms with Crippen LogP contribution in [-0.4, -0.2) is 45.9 Å². The predicted octanol–water partition coefficient (Wildman–Crippen LogP) is 2.66. The maximum Gasteiger partial charge on any atom is 0.234 e. The molecule has 124 valence electrons. The van der Waals surface area contributed by atoms with E-state index in [1.54, 1.807) is 0 Å². The fraction of sp³-hybridized carbons (Fsp3) is 0.556. The highest BCUT2D eigenvalue weighted by Gasteiger charge is 2.25. The number of amides is 1. The van der Waals surface area contributed by atoms with Crippen molar-refractivity contribution in [2.75, 3.05) is 19.6 Å². The van der Waals surface area contributed by atoms with Gasteiger partial charge in [0.1, 0.15) is 5.82 Å². The molecule has 1 saturated heterocycles. The van der Waals surface area contributed by atoms with Gasteiger partial charge in [-0.3, -0.25) is 9.69 Å². The molecule has 5 heteroatoms. The number of benzene rings is 1. The quantitative estimate of drug-likeness (QED) is 0.915.